The van der Waals surface area contributed by atoms with Crippen molar-refractivity contribution in [2.45, 2.75) is 26.0 Å². The van der Waals surface area contributed by atoms with Gasteiger partial charge in [0.1, 0.15) is 0 Å². The molecule has 1 saturated heterocycles. The highest BCUT2D eigenvalue weighted by Crippen LogP contribution is 2.08. The Hall–Kier alpha value is -1.34. The maximum absolute atomic E-state index is 11.9. The molecule has 2 unspecified atom stereocenters. The summed E-state index contributed by atoms with van der Waals surface area (Å²) in [5, 5.41) is 11.4. The van der Waals surface area contributed by atoms with Crippen LogP contribution >= 0.6 is 0 Å². The third kappa shape index (κ3) is 4.36. The van der Waals surface area contributed by atoms with Crippen LogP contribution in [-0.2, 0) is 9.53 Å². The fourth-order valence-electron chi connectivity index (χ4n) is 2.21. The van der Waals surface area contributed by atoms with Gasteiger partial charge in [-0.05, 0) is 13.5 Å². The monoisotopic (exact) mass is 273 g/mol. The molecular formula is C12H23N3O4. The Morgan fingerprint density at radius 3 is 2.63 bits per heavy atom. The zero-order valence-corrected chi connectivity index (χ0v) is 11.8. The Morgan fingerprint density at radius 2 is 2.16 bits per heavy atom. The van der Waals surface area contributed by atoms with Crippen LogP contribution in [0.2, 0.25) is 0 Å². The van der Waals surface area contributed by atoms with Crippen molar-refractivity contribution in [1.82, 2.24) is 15.1 Å². The summed E-state index contributed by atoms with van der Waals surface area (Å²) in [6.45, 7) is 7.30. The molecule has 7 heteroatoms. The lowest BCUT2D eigenvalue weighted by Gasteiger charge is -2.39. The summed E-state index contributed by atoms with van der Waals surface area (Å²) in [7, 11) is 1.31. The highest BCUT2D eigenvalue weighted by molar-refractivity contribution is 5.77. The summed E-state index contributed by atoms with van der Waals surface area (Å²) < 4.78 is 4.76. The highest BCUT2D eigenvalue weighted by Gasteiger charge is 2.26. The lowest BCUT2D eigenvalue weighted by atomic mass is 10.2. The van der Waals surface area contributed by atoms with Crippen molar-refractivity contribution in [3.05, 3.63) is 0 Å². The first-order valence-corrected chi connectivity index (χ1v) is 6.52. The number of nitrogens with zero attached hydrogens (tertiary/aromatic N) is 2. The van der Waals surface area contributed by atoms with Crippen molar-refractivity contribution in [1.29, 1.82) is 0 Å². The van der Waals surface area contributed by atoms with E-state index in [1.54, 1.807) is 4.90 Å². The van der Waals surface area contributed by atoms with Gasteiger partial charge >= 0.3 is 12.0 Å². The zero-order chi connectivity index (χ0) is 14.4. The summed E-state index contributed by atoms with van der Waals surface area (Å²) in [6.07, 6.45) is -1.00. The van der Waals surface area contributed by atoms with Crippen LogP contribution in [0.15, 0.2) is 0 Å². The van der Waals surface area contributed by atoms with Gasteiger partial charge in [-0.3, -0.25) is 4.90 Å². The minimum absolute atomic E-state index is 0.0208. The predicted octanol–water partition coefficient (Wildman–Crippen LogP) is -0.178. The Morgan fingerprint density at radius 1 is 1.47 bits per heavy atom. The van der Waals surface area contributed by atoms with Crippen LogP contribution in [0, 0.1) is 0 Å². The lowest BCUT2D eigenvalue weighted by Crippen LogP contribution is -2.56. The quantitative estimate of drug-likeness (QED) is 0.726. The molecule has 0 aromatic carbocycles. The third-order valence-electron chi connectivity index (χ3n) is 3.46. The van der Waals surface area contributed by atoms with Gasteiger partial charge in [-0.15, -0.1) is 0 Å². The van der Waals surface area contributed by atoms with Gasteiger partial charge < -0.3 is 20.1 Å². The third-order valence-corrected chi connectivity index (χ3v) is 3.46. The smallest absolute Gasteiger partial charge is 0.334 e. The molecule has 19 heavy (non-hydrogen) atoms. The summed E-state index contributed by atoms with van der Waals surface area (Å²) >= 11 is 0. The maximum atomic E-state index is 11.9. The van der Waals surface area contributed by atoms with E-state index >= 15 is 0 Å². The average Bonchev–Trinajstić information content (AvgIpc) is 2.38. The van der Waals surface area contributed by atoms with E-state index in [-0.39, 0.29) is 12.6 Å². The molecule has 1 rings (SSSR count). The molecule has 1 heterocycles. The summed E-state index contributed by atoms with van der Waals surface area (Å²) in [5.74, 6) is -1.08. The molecule has 0 spiro atoms. The molecule has 0 bridgehead atoms. The van der Waals surface area contributed by atoms with Gasteiger partial charge in [-0.1, -0.05) is 6.92 Å². The number of nitrogens with one attached hydrogen (secondary N) is 1. The van der Waals surface area contributed by atoms with E-state index in [1.165, 1.54) is 7.11 Å². The Bertz CT molecular complexity index is 324. The van der Waals surface area contributed by atoms with Crippen molar-refractivity contribution in [3.8, 4) is 0 Å². The van der Waals surface area contributed by atoms with Crippen molar-refractivity contribution in [2.75, 3.05) is 39.8 Å². The van der Waals surface area contributed by atoms with Gasteiger partial charge in [0.15, 0.2) is 6.10 Å². The van der Waals surface area contributed by atoms with Crippen LogP contribution in [0.5, 0.6) is 0 Å². The number of urea groups is 1. The number of rotatable bonds is 5. The van der Waals surface area contributed by atoms with Gasteiger partial charge in [0.2, 0.25) is 0 Å². The number of amides is 2. The fraction of sp³-hybridized carbons (Fsp3) is 0.833. The number of hydrogen-bond acceptors (Lipinski definition) is 4. The predicted molar refractivity (Wildman–Crippen MR) is 70.1 cm³/mol. The lowest BCUT2D eigenvalue weighted by molar-refractivity contribution is -0.148. The van der Waals surface area contributed by atoms with Gasteiger partial charge in [-0.2, -0.15) is 0 Å². The van der Waals surface area contributed by atoms with Crippen LogP contribution in [0.1, 0.15) is 13.8 Å². The summed E-state index contributed by atoms with van der Waals surface area (Å²) in [4.78, 5) is 26.7. The Kier molecular flexibility index (Phi) is 6.04. The van der Waals surface area contributed by atoms with Crippen LogP contribution < -0.4 is 5.32 Å². The van der Waals surface area contributed by atoms with Crippen LogP contribution in [0.4, 0.5) is 4.79 Å². The number of carboxylic acids is 1. The first-order valence-electron chi connectivity index (χ1n) is 6.52. The molecule has 1 aliphatic rings. The molecule has 1 fully saturated rings. The summed E-state index contributed by atoms with van der Waals surface area (Å²) in [5.41, 5.74) is 0. The number of carbonyl (C=O) groups excluding carboxylic acids is 1. The van der Waals surface area contributed by atoms with Gasteiger partial charge in [0.05, 0.1) is 6.54 Å². The molecule has 0 aromatic rings. The van der Waals surface area contributed by atoms with Crippen molar-refractivity contribution < 1.29 is 19.4 Å². The van der Waals surface area contributed by atoms with Gasteiger partial charge in [-0.25, -0.2) is 9.59 Å². The molecule has 0 saturated carbocycles. The van der Waals surface area contributed by atoms with E-state index in [0.717, 1.165) is 13.1 Å². The number of likely N-dealkylation sites (N-methyl/N-ethyl adjacent to an activating group) is 1. The zero-order valence-electron chi connectivity index (χ0n) is 11.8. The molecular weight excluding hydrogens is 250 g/mol. The second-order valence-corrected chi connectivity index (χ2v) is 4.67. The second-order valence-electron chi connectivity index (χ2n) is 4.67. The number of piperazine rings is 1. The standard InChI is InChI=1S/C12H23N3O4/c1-4-14-5-6-15(8-9(14)2)12(18)13-7-10(19-3)11(16)17/h9-10H,4-8H2,1-3H3,(H,13,18)(H,16,17). The molecule has 0 aromatic heterocycles. The Balaban J connectivity index is 2.40. The van der Waals surface area contributed by atoms with Crippen LogP contribution in [-0.4, -0.2) is 78.9 Å². The van der Waals surface area contributed by atoms with Crippen molar-refractivity contribution in [3.63, 3.8) is 0 Å². The highest BCUT2D eigenvalue weighted by atomic mass is 16.5. The van der Waals surface area contributed by atoms with E-state index in [1.807, 2.05) is 0 Å². The van der Waals surface area contributed by atoms with E-state index in [4.69, 9.17) is 9.84 Å². The van der Waals surface area contributed by atoms with Crippen molar-refractivity contribution in [2.24, 2.45) is 0 Å². The normalized spacial score (nSPS) is 22.1. The molecule has 7 nitrogen and oxygen atoms in total. The minimum Gasteiger partial charge on any atom is -0.479 e. The molecule has 2 N–H and O–H groups in total. The van der Waals surface area contributed by atoms with Crippen molar-refractivity contribution >= 4 is 12.0 Å². The molecule has 2 amide bonds. The number of ether oxygens (including phenoxy) is 1. The van der Waals surface area contributed by atoms with Gasteiger partial charge in [0, 0.05) is 32.8 Å². The number of carbonyl (C=O) groups is 2. The van der Waals surface area contributed by atoms with Crippen LogP contribution in [0.3, 0.4) is 0 Å². The molecule has 110 valence electrons. The summed E-state index contributed by atoms with van der Waals surface area (Å²) in [6, 6.07) is 0.0908. The van der Waals surface area contributed by atoms with E-state index in [2.05, 4.69) is 24.1 Å². The molecule has 1 aliphatic heterocycles. The maximum Gasteiger partial charge on any atom is 0.334 e. The average molecular weight is 273 g/mol. The largest absolute Gasteiger partial charge is 0.479 e. The first-order chi connectivity index (χ1) is 8.99. The number of hydrogen-bond donors (Lipinski definition) is 2. The van der Waals surface area contributed by atoms with E-state index in [0.29, 0.717) is 19.1 Å². The Labute approximate surface area is 113 Å². The fourth-order valence-corrected chi connectivity index (χ4v) is 2.21. The van der Waals surface area contributed by atoms with Crippen LogP contribution in [0.25, 0.3) is 0 Å². The first kappa shape index (κ1) is 15.7. The number of methoxy groups -OCH3 is 1. The second kappa shape index (κ2) is 7.30. The van der Waals surface area contributed by atoms with E-state index < -0.39 is 12.1 Å². The van der Waals surface area contributed by atoms with E-state index in [9.17, 15) is 9.59 Å². The number of carboxylic acid groups (broad SMARTS) is 1. The molecule has 0 radical (unpaired) electrons. The number of aliphatic carboxylic acids is 1. The molecule has 0 aliphatic carbocycles. The van der Waals surface area contributed by atoms with Gasteiger partial charge in [0.25, 0.3) is 0 Å². The SMILES string of the molecule is CCN1CCN(C(=O)NCC(OC)C(=O)O)CC1C. The topological polar surface area (TPSA) is 82.1 Å². The molecule has 2 atom stereocenters. The minimum atomic E-state index is -1.08.